The number of thiazole rings is 1. The van der Waals surface area contributed by atoms with Crippen LogP contribution in [0.25, 0.3) is 0 Å². The van der Waals surface area contributed by atoms with Gasteiger partial charge >= 0.3 is 5.97 Å². The lowest BCUT2D eigenvalue weighted by molar-refractivity contribution is -0.144. The predicted molar refractivity (Wildman–Crippen MR) is 85.0 cm³/mol. The minimum atomic E-state index is -0.339. The van der Waals surface area contributed by atoms with Crippen LogP contribution >= 0.6 is 22.9 Å². The van der Waals surface area contributed by atoms with E-state index in [4.69, 9.17) is 16.3 Å². The van der Waals surface area contributed by atoms with Crippen LogP contribution in [0.3, 0.4) is 0 Å². The van der Waals surface area contributed by atoms with Crippen LogP contribution in [0.4, 0.5) is 5.69 Å². The third-order valence-corrected chi connectivity index (χ3v) is 4.24. The number of carbonyl (C=O) groups is 1. The van der Waals surface area contributed by atoms with Crippen LogP contribution in [0, 0.1) is 0 Å². The lowest BCUT2D eigenvalue weighted by Crippen LogP contribution is -2.13. The second-order valence-electron chi connectivity index (χ2n) is 4.59. The first-order chi connectivity index (χ1) is 10.0. The number of benzene rings is 1. The van der Waals surface area contributed by atoms with Crippen molar-refractivity contribution in [2.45, 2.75) is 19.8 Å². The summed E-state index contributed by atoms with van der Waals surface area (Å²) in [6.07, 6.45) is 1.94. The molecule has 0 saturated carbocycles. The molecular formula is C15H17ClN2O2S. The summed E-state index contributed by atoms with van der Waals surface area (Å²) in [6.45, 7) is 3.97. The molecule has 0 amide bonds. The van der Waals surface area contributed by atoms with Crippen molar-refractivity contribution in [3.8, 4) is 0 Å². The van der Waals surface area contributed by atoms with E-state index in [2.05, 4.69) is 4.99 Å². The number of nitrogens with zero attached hydrogens (tertiary/aromatic N) is 2. The van der Waals surface area contributed by atoms with Crippen molar-refractivity contribution in [3.05, 3.63) is 45.2 Å². The van der Waals surface area contributed by atoms with Crippen molar-refractivity contribution in [2.75, 3.05) is 6.61 Å². The summed E-state index contributed by atoms with van der Waals surface area (Å²) in [5.41, 5.74) is 1.52. The van der Waals surface area contributed by atoms with Gasteiger partial charge in [0.15, 0.2) is 4.80 Å². The van der Waals surface area contributed by atoms with Crippen molar-refractivity contribution in [1.82, 2.24) is 4.57 Å². The summed E-state index contributed by atoms with van der Waals surface area (Å²) < 4.78 is 6.95. The monoisotopic (exact) mass is 324 g/mol. The van der Waals surface area contributed by atoms with Gasteiger partial charge in [-0.2, -0.15) is 0 Å². The van der Waals surface area contributed by atoms with E-state index in [9.17, 15) is 4.79 Å². The van der Waals surface area contributed by atoms with E-state index in [-0.39, 0.29) is 11.9 Å². The molecule has 21 heavy (non-hydrogen) atoms. The van der Waals surface area contributed by atoms with Gasteiger partial charge in [0.05, 0.1) is 23.2 Å². The summed E-state index contributed by atoms with van der Waals surface area (Å²) in [6, 6.07) is 5.46. The van der Waals surface area contributed by atoms with Crippen molar-refractivity contribution in [2.24, 2.45) is 12.0 Å². The van der Waals surface area contributed by atoms with E-state index >= 15 is 0 Å². The molecule has 0 saturated heterocycles. The maximum absolute atomic E-state index is 11.8. The van der Waals surface area contributed by atoms with E-state index in [0.29, 0.717) is 17.3 Å². The Balaban J connectivity index is 2.30. The van der Waals surface area contributed by atoms with Gasteiger partial charge in [-0.15, -0.1) is 11.3 Å². The molecule has 0 bridgehead atoms. The summed E-state index contributed by atoms with van der Waals surface area (Å²) in [4.78, 5) is 17.1. The molecule has 4 nitrogen and oxygen atoms in total. The molecule has 6 heteroatoms. The van der Waals surface area contributed by atoms with E-state index in [1.54, 1.807) is 19.9 Å². The zero-order valence-electron chi connectivity index (χ0n) is 12.2. The summed E-state index contributed by atoms with van der Waals surface area (Å²) in [7, 11) is 1.93. The largest absolute Gasteiger partial charge is 0.466 e. The molecule has 0 radical (unpaired) electrons. The number of hydrogen-bond donors (Lipinski definition) is 0. The summed E-state index contributed by atoms with van der Waals surface area (Å²) >= 11 is 7.81. The molecule has 0 spiro atoms. The average Bonchev–Trinajstić information content (AvgIpc) is 2.86. The molecular weight excluding hydrogens is 308 g/mol. The Morgan fingerprint density at radius 3 is 2.86 bits per heavy atom. The summed E-state index contributed by atoms with van der Waals surface area (Å²) in [5.74, 6) is -0.586. The number of hydrogen-bond acceptors (Lipinski definition) is 4. The number of aromatic nitrogens is 1. The lowest BCUT2D eigenvalue weighted by atomic mass is 10.0. The lowest BCUT2D eigenvalue weighted by Gasteiger charge is -2.11. The molecule has 1 aromatic heterocycles. The van der Waals surface area contributed by atoms with Crippen LogP contribution in [0.1, 0.15) is 25.3 Å². The fourth-order valence-corrected chi connectivity index (χ4v) is 2.80. The minimum Gasteiger partial charge on any atom is -0.466 e. The van der Waals surface area contributed by atoms with Crippen LogP contribution in [0.5, 0.6) is 0 Å². The van der Waals surface area contributed by atoms with Crippen LogP contribution in [-0.2, 0) is 16.6 Å². The van der Waals surface area contributed by atoms with Crippen molar-refractivity contribution in [3.63, 3.8) is 0 Å². The highest BCUT2D eigenvalue weighted by molar-refractivity contribution is 7.07. The van der Waals surface area contributed by atoms with E-state index in [1.807, 2.05) is 35.3 Å². The molecule has 2 aromatic rings. The zero-order chi connectivity index (χ0) is 15.4. The Bertz CT molecular complexity index is 706. The Morgan fingerprint density at radius 2 is 2.29 bits per heavy atom. The second kappa shape index (κ2) is 6.91. The third-order valence-electron chi connectivity index (χ3n) is 3.09. The standard InChI is InChI=1S/C15H17ClN2O2S/c1-4-20-14(19)10(2)11-5-6-13(12(16)9-11)17-15-18(3)7-8-21-15/h5-10H,4H2,1-3H3/b17-15-. The van der Waals surface area contributed by atoms with Crippen LogP contribution in [0.2, 0.25) is 5.02 Å². The average molecular weight is 325 g/mol. The fraction of sp³-hybridized carbons (Fsp3) is 0.333. The van der Waals surface area contributed by atoms with Gasteiger partial charge in [0.2, 0.25) is 0 Å². The van der Waals surface area contributed by atoms with Gasteiger partial charge in [0.1, 0.15) is 0 Å². The minimum absolute atomic E-state index is 0.247. The molecule has 112 valence electrons. The Morgan fingerprint density at radius 1 is 1.52 bits per heavy atom. The third kappa shape index (κ3) is 3.74. The number of aryl methyl sites for hydroxylation is 1. The van der Waals surface area contributed by atoms with Crippen LogP contribution in [-0.4, -0.2) is 17.1 Å². The molecule has 1 unspecified atom stereocenters. The maximum Gasteiger partial charge on any atom is 0.313 e. The van der Waals surface area contributed by atoms with Crippen LogP contribution in [0.15, 0.2) is 34.8 Å². The van der Waals surface area contributed by atoms with Gasteiger partial charge in [-0.25, -0.2) is 4.99 Å². The molecule has 1 atom stereocenters. The molecule has 2 rings (SSSR count). The molecule has 0 aliphatic heterocycles. The normalized spacial score (nSPS) is 13.2. The predicted octanol–water partition coefficient (Wildman–Crippen LogP) is 3.64. The fourth-order valence-electron chi connectivity index (χ4n) is 1.82. The number of ether oxygens (including phenoxy) is 1. The first-order valence-corrected chi connectivity index (χ1v) is 7.89. The SMILES string of the molecule is CCOC(=O)C(C)c1ccc(/N=c2\sccn2C)c(Cl)c1. The highest BCUT2D eigenvalue weighted by Gasteiger charge is 2.17. The molecule has 1 aromatic carbocycles. The zero-order valence-corrected chi connectivity index (χ0v) is 13.7. The first kappa shape index (κ1) is 15.8. The summed E-state index contributed by atoms with van der Waals surface area (Å²) in [5, 5.41) is 2.49. The van der Waals surface area contributed by atoms with E-state index in [1.165, 1.54) is 11.3 Å². The van der Waals surface area contributed by atoms with E-state index in [0.717, 1.165) is 10.4 Å². The van der Waals surface area contributed by atoms with Gasteiger partial charge in [-0.3, -0.25) is 4.79 Å². The molecule has 0 N–H and O–H groups in total. The van der Waals surface area contributed by atoms with Gasteiger partial charge in [-0.1, -0.05) is 17.7 Å². The second-order valence-corrected chi connectivity index (χ2v) is 5.87. The maximum atomic E-state index is 11.8. The van der Waals surface area contributed by atoms with Gasteiger partial charge in [-0.05, 0) is 31.5 Å². The Hall–Kier alpha value is -1.59. The van der Waals surface area contributed by atoms with E-state index < -0.39 is 0 Å². The smallest absolute Gasteiger partial charge is 0.313 e. The van der Waals surface area contributed by atoms with Crippen LogP contribution < -0.4 is 4.80 Å². The van der Waals surface area contributed by atoms with Crippen molar-refractivity contribution >= 4 is 34.6 Å². The highest BCUT2D eigenvalue weighted by Crippen LogP contribution is 2.29. The number of carbonyl (C=O) groups excluding carboxylic acids is 1. The Labute approximate surface area is 132 Å². The van der Waals surface area contributed by atoms with Crippen molar-refractivity contribution < 1.29 is 9.53 Å². The topological polar surface area (TPSA) is 43.6 Å². The molecule has 0 aliphatic carbocycles. The van der Waals surface area contributed by atoms with Crippen molar-refractivity contribution in [1.29, 1.82) is 0 Å². The van der Waals surface area contributed by atoms with Gasteiger partial charge in [0, 0.05) is 18.6 Å². The highest BCUT2D eigenvalue weighted by atomic mass is 35.5. The first-order valence-electron chi connectivity index (χ1n) is 6.64. The quantitative estimate of drug-likeness (QED) is 0.806. The molecule has 1 heterocycles. The Kier molecular flexibility index (Phi) is 5.20. The molecule has 0 fully saturated rings. The number of rotatable bonds is 4. The number of esters is 1. The molecule has 0 aliphatic rings. The van der Waals surface area contributed by atoms with Gasteiger partial charge < -0.3 is 9.30 Å². The van der Waals surface area contributed by atoms with Gasteiger partial charge in [0.25, 0.3) is 0 Å². The number of halogens is 1.